The van der Waals surface area contributed by atoms with Gasteiger partial charge in [0.05, 0.1) is 0 Å². The number of hydrogen-bond donors (Lipinski definition) is 2. The summed E-state index contributed by atoms with van der Waals surface area (Å²) >= 11 is 0. The Labute approximate surface area is 117 Å². The molecular formula is C15H29N3O. The lowest BCUT2D eigenvalue weighted by atomic mass is 9.99. The first-order chi connectivity index (χ1) is 9.15. The molecule has 2 aliphatic heterocycles. The number of likely N-dealkylation sites (tertiary alicyclic amines) is 1. The monoisotopic (exact) mass is 267 g/mol. The summed E-state index contributed by atoms with van der Waals surface area (Å²) in [6.07, 6.45) is 5.64. The van der Waals surface area contributed by atoms with Gasteiger partial charge in [0.25, 0.3) is 0 Å². The Morgan fingerprint density at radius 3 is 2.95 bits per heavy atom. The largest absolute Gasteiger partial charge is 0.354 e. The van der Waals surface area contributed by atoms with Crippen molar-refractivity contribution in [1.29, 1.82) is 0 Å². The van der Waals surface area contributed by atoms with E-state index in [2.05, 4.69) is 29.4 Å². The summed E-state index contributed by atoms with van der Waals surface area (Å²) in [6, 6.07) is 0.869. The Bertz CT molecular complexity index is 289. The standard InChI is InChI=1S/C15H29N3O/c1-12-5-4-8-18(11-12)13(2)10-17-15(19)9-14-6-3-7-16-14/h12-14,16H,3-11H2,1-2H3,(H,17,19). The van der Waals surface area contributed by atoms with E-state index in [9.17, 15) is 4.79 Å². The normalized spacial score (nSPS) is 30.2. The fourth-order valence-corrected chi connectivity index (χ4v) is 3.24. The lowest BCUT2D eigenvalue weighted by molar-refractivity contribution is -0.121. The lowest BCUT2D eigenvalue weighted by Gasteiger charge is -2.35. The van der Waals surface area contributed by atoms with Gasteiger partial charge in [-0.25, -0.2) is 0 Å². The Kier molecular flexibility index (Phi) is 5.64. The summed E-state index contributed by atoms with van der Waals surface area (Å²) in [5, 5.41) is 6.47. The zero-order valence-corrected chi connectivity index (χ0v) is 12.5. The molecule has 19 heavy (non-hydrogen) atoms. The van der Waals surface area contributed by atoms with E-state index in [0.717, 1.165) is 25.4 Å². The smallest absolute Gasteiger partial charge is 0.221 e. The van der Waals surface area contributed by atoms with E-state index in [1.165, 1.54) is 32.4 Å². The van der Waals surface area contributed by atoms with Crippen molar-refractivity contribution in [2.75, 3.05) is 26.2 Å². The first-order valence-electron chi connectivity index (χ1n) is 7.89. The number of carbonyl (C=O) groups is 1. The Morgan fingerprint density at radius 2 is 2.26 bits per heavy atom. The summed E-state index contributed by atoms with van der Waals surface area (Å²) < 4.78 is 0. The van der Waals surface area contributed by atoms with Crippen LogP contribution in [0.2, 0.25) is 0 Å². The molecule has 0 spiro atoms. The number of piperidine rings is 1. The van der Waals surface area contributed by atoms with Crippen molar-refractivity contribution in [3.8, 4) is 0 Å². The van der Waals surface area contributed by atoms with Crippen molar-refractivity contribution >= 4 is 5.91 Å². The zero-order chi connectivity index (χ0) is 13.7. The van der Waals surface area contributed by atoms with Gasteiger partial charge in [0, 0.05) is 31.6 Å². The number of rotatable bonds is 5. The second kappa shape index (κ2) is 7.25. The molecule has 2 N–H and O–H groups in total. The van der Waals surface area contributed by atoms with Crippen molar-refractivity contribution in [3.05, 3.63) is 0 Å². The average molecular weight is 267 g/mol. The van der Waals surface area contributed by atoms with Crippen LogP contribution in [0.25, 0.3) is 0 Å². The highest BCUT2D eigenvalue weighted by Gasteiger charge is 2.22. The molecule has 3 unspecified atom stereocenters. The van der Waals surface area contributed by atoms with E-state index in [1.54, 1.807) is 0 Å². The van der Waals surface area contributed by atoms with Crippen LogP contribution in [0.3, 0.4) is 0 Å². The van der Waals surface area contributed by atoms with Crippen LogP contribution in [0, 0.1) is 5.92 Å². The molecule has 3 atom stereocenters. The molecule has 2 heterocycles. The predicted octanol–water partition coefficient (Wildman–Crippen LogP) is 1.37. The first kappa shape index (κ1) is 14.8. The quantitative estimate of drug-likeness (QED) is 0.790. The summed E-state index contributed by atoms with van der Waals surface area (Å²) in [7, 11) is 0. The van der Waals surface area contributed by atoms with Crippen LogP contribution in [-0.4, -0.2) is 49.1 Å². The first-order valence-corrected chi connectivity index (χ1v) is 7.89. The third kappa shape index (κ3) is 4.77. The van der Waals surface area contributed by atoms with Crippen molar-refractivity contribution < 1.29 is 4.79 Å². The van der Waals surface area contributed by atoms with Gasteiger partial charge < -0.3 is 10.6 Å². The maximum Gasteiger partial charge on any atom is 0.221 e. The van der Waals surface area contributed by atoms with Crippen LogP contribution in [0.15, 0.2) is 0 Å². The SMILES string of the molecule is CC1CCCN(C(C)CNC(=O)CC2CCCN2)C1. The number of carbonyl (C=O) groups excluding carboxylic acids is 1. The fraction of sp³-hybridized carbons (Fsp3) is 0.933. The van der Waals surface area contributed by atoms with Crippen LogP contribution in [0.4, 0.5) is 0 Å². The lowest BCUT2D eigenvalue weighted by Crippen LogP contribution is -2.46. The maximum atomic E-state index is 11.9. The van der Waals surface area contributed by atoms with Crippen LogP contribution in [-0.2, 0) is 4.79 Å². The summed E-state index contributed by atoms with van der Waals surface area (Å²) in [6.45, 7) is 8.78. The predicted molar refractivity (Wildman–Crippen MR) is 78.1 cm³/mol. The maximum absolute atomic E-state index is 11.9. The molecule has 1 amide bonds. The summed E-state index contributed by atoms with van der Waals surface area (Å²) in [5.41, 5.74) is 0. The molecule has 0 aromatic heterocycles. The van der Waals surface area contributed by atoms with Gasteiger partial charge in [-0.15, -0.1) is 0 Å². The summed E-state index contributed by atoms with van der Waals surface area (Å²) in [5.74, 6) is 1.01. The van der Waals surface area contributed by atoms with E-state index < -0.39 is 0 Å². The van der Waals surface area contributed by atoms with Gasteiger partial charge in [0.2, 0.25) is 5.91 Å². The van der Waals surface area contributed by atoms with Crippen LogP contribution < -0.4 is 10.6 Å². The molecule has 4 heteroatoms. The van der Waals surface area contributed by atoms with Gasteiger partial charge >= 0.3 is 0 Å². The number of nitrogens with one attached hydrogen (secondary N) is 2. The highest BCUT2D eigenvalue weighted by Crippen LogP contribution is 2.17. The Hall–Kier alpha value is -0.610. The van der Waals surface area contributed by atoms with Gasteiger partial charge in [-0.05, 0) is 51.6 Å². The topological polar surface area (TPSA) is 44.4 Å². The molecule has 2 aliphatic rings. The van der Waals surface area contributed by atoms with Gasteiger partial charge in [-0.2, -0.15) is 0 Å². The molecule has 2 fully saturated rings. The molecule has 0 aromatic rings. The average Bonchev–Trinajstić information content (AvgIpc) is 2.88. The molecule has 2 saturated heterocycles. The van der Waals surface area contributed by atoms with Crippen molar-refractivity contribution in [2.45, 2.75) is 58.0 Å². The van der Waals surface area contributed by atoms with Crippen molar-refractivity contribution in [1.82, 2.24) is 15.5 Å². The molecular weight excluding hydrogens is 238 g/mol. The Balaban J connectivity index is 1.64. The van der Waals surface area contributed by atoms with E-state index in [1.807, 2.05) is 0 Å². The van der Waals surface area contributed by atoms with E-state index in [4.69, 9.17) is 0 Å². The van der Waals surface area contributed by atoms with Gasteiger partial charge in [-0.3, -0.25) is 9.69 Å². The number of nitrogens with zero attached hydrogens (tertiary/aromatic N) is 1. The Morgan fingerprint density at radius 1 is 1.42 bits per heavy atom. The van der Waals surface area contributed by atoms with Gasteiger partial charge in [-0.1, -0.05) is 6.92 Å². The van der Waals surface area contributed by atoms with Crippen LogP contribution in [0.5, 0.6) is 0 Å². The van der Waals surface area contributed by atoms with Gasteiger partial charge in [0.1, 0.15) is 0 Å². The molecule has 4 nitrogen and oxygen atoms in total. The zero-order valence-electron chi connectivity index (χ0n) is 12.5. The molecule has 0 saturated carbocycles. The minimum Gasteiger partial charge on any atom is -0.354 e. The second-order valence-electron chi connectivity index (χ2n) is 6.39. The fourth-order valence-electron chi connectivity index (χ4n) is 3.24. The molecule has 2 rings (SSSR count). The molecule has 0 radical (unpaired) electrons. The minimum absolute atomic E-state index is 0.205. The van der Waals surface area contributed by atoms with Crippen LogP contribution >= 0.6 is 0 Å². The molecule has 0 aliphatic carbocycles. The third-order valence-corrected chi connectivity index (χ3v) is 4.50. The minimum atomic E-state index is 0.205. The van der Waals surface area contributed by atoms with Gasteiger partial charge in [0.15, 0.2) is 0 Å². The molecule has 0 bridgehead atoms. The van der Waals surface area contributed by atoms with E-state index in [0.29, 0.717) is 18.5 Å². The van der Waals surface area contributed by atoms with Crippen molar-refractivity contribution in [2.24, 2.45) is 5.92 Å². The van der Waals surface area contributed by atoms with Crippen molar-refractivity contribution in [3.63, 3.8) is 0 Å². The number of hydrogen-bond acceptors (Lipinski definition) is 3. The van der Waals surface area contributed by atoms with E-state index >= 15 is 0 Å². The highest BCUT2D eigenvalue weighted by molar-refractivity contribution is 5.76. The number of amides is 1. The van der Waals surface area contributed by atoms with E-state index in [-0.39, 0.29) is 5.91 Å². The van der Waals surface area contributed by atoms with Crippen LogP contribution in [0.1, 0.15) is 46.0 Å². The molecule has 0 aromatic carbocycles. The third-order valence-electron chi connectivity index (χ3n) is 4.50. The second-order valence-corrected chi connectivity index (χ2v) is 6.39. The highest BCUT2D eigenvalue weighted by atomic mass is 16.1. The summed E-state index contributed by atoms with van der Waals surface area (Å²) in [4.78, 5) is 14.4. The molecule has 110 valence electrons.